The maximum atomic E-state index is 7.10. The molecule has 0 amide bonds. The van der Waals surface area contributed by atoms with Crippen LogP contribution in [0.15, 0.2) is 353 Å². The quantitative estimate of drug-likeness (QED) is 0.152. The van der Waals surface area contributed by atoms with Crippen molar-refractivity contribution in [2.45, 2.75) is 0 Å². The van der Waals surface area contributed by atoms with Crippen LogP contribution in [0.3, 0.4) is 0 Å². The van der Waals surface area contributed by atoms with E-state index < -0.39 is 0 Å². The first-order valence-corrected chi connectivity index (χ1v) is 35.2. The number of hydrogen-bond acceptors (Lipinski definition) is 3. The molecule has 0 aliphatic carbocycles. The third kappa shape index (κ3) is 8.15. The van der Waals surface area contributed by atoms with Gasteiger partial charge in [0, 0.05) is 104 Å². The second kappa shape index (κ2) is 21.3. The van der Waals surface area contributed by atoms with E-state index in [0.29, 0.717) is 0 Å². The van der Waals surface area contributed by atoms with Crippen molar-refractivity contribution in [1.29, 1.82) is 0 Å². The highest BCUT2D eigenvalue weighted by molar-refractivity contribution is 6.21. The molecule has 0 radical (unpaired) electrons. The SMILES string of the molecule is c1ccc(-n2c3ccccc3c3ccc(-c4ccc5c6ccccc6n(-c6cccc7c6oc6ccc(-c8cccc9c8oc8ccc(-c%10cc(-c%11ccc%12c%13ccccc%13n(-c%13ccccc%13)c%12c%11)cc%11c%10c%10ccccc%10n%11-c%10ccc%11c(c%10)oc%10ccccc%10%11)cc89)cc67)c5c4)cc32)cc1. The Labute approximate surface area is 587 Å². The molecule has 7 heteroatoms. The van der Waals surface area contributed by atoms with Crippen LogP contribution in [0.4, 0.5) is 0 Å². The maximum Gasteiger partial charge on any atom is 0.159 e. The summed E-state index contributed by atoms with van der Waals surface area (Å²) in [6, 6.07) is 124. The molecular formula is C96H56N4O3. The van der Waals surface area contributed by atoms with Crippen molar-refractivity contribution in [3.63, 3.8) is 0 Å². The molecule has 0 saturated carbocycles. The second-order valence-electron chi connectivity index (χ2n) is 27.4. The van der Waals surface area contributed by atoms with E-state index in [1.54, 1.807) is 0 Å². The standard InChI is InChI=1S/C96H56N4O3/c1-3-19-63(20-4-1)97-81-31-12-7-23-67(81)70-43-37-57(52-86(70)97)58-38-44-72-69-25-9-14-33-83(69)100(88(72)53-58)85-35-18-30-76-80-49-60(40-47-92(80)103-96(76)85)66-28-17-29-75-79-50-61(41-48-91(79)102-95(66)75)78-51-62(59-39-45-71-68-24-8-13-32-82(68)98(87(71)54-59)64-21-5-2-6-22-64)55-89-94(78)77-27-10-15-34-84(77)99(89)65-42-46-74-73-26-11-16-36-90(73)101-93(74)56-65/h1-56H. The molecule has 16 aromatic carbocycles. The lowest BCUT2D eigenvalue weighted by Gasteiger charge is -2.13. The highest BCUT2D eigenvalue weighted by Crippen LogP contribution is 2.48. The summed E-state index contributed by atoms with van der Waals surface area (Å²) in [5, 5.41) is 16.0. The molecule has 0 bridgehead atoms. The van der Waals surface area contributed by atoms with Gasteiger partial charge < -0.3 is 31.5 Å². The van der Waals surface area contributed by atoms with Crippen molar-refractivity contribution in [2.24, 2.45) is 0 Å². The van der Waals surface area contributed by atoms with Crippen LogP contribution in [0.5, 0.6) is 0 Å². The van der Waals surface area contributed by atoms with E-state index in [2.05, 4.69) is 352 Å². The molecule has 7 nitrogen and oxygen atoms in total. The first kappa shape index (κ1) is 56.0. The van der Waals surface area contributed by atoms with Crippen LogP contribution in [0.25, 0.3) is 220 Å². The Bertz CT molecular complexity index is 7560. The van der Waals surface area contributed by atoms with Gasteiger partial charge in [-0.15, -0.1) is 0 Å². The summed E-state index contributed by atoms with van der Waals surface area (Å²) in [4.78, 5) is 0. The number of fused-ring (bicyclic) bond motifs is 21. The van der Waals surface area contributed by atoms with E-state index in [4.69, 9.17) is 13.3 Å². The Morgan fingerprint density at radius 1 is 0.175 bits per heavy atom. The summed E-state index contributed by atoms with van der Waals surface area (Å²) in [6.07, 6.45) is 0. The zero-order chi connectivity index (χ0) is 67.1. The minimum absolute atomic E-state index is 0.819. The average Bonchev–Trinajstić information content (AvgIpc) is 1.64. The number of furan rings is 3. The van der Waals surface area contributed by atoms with Gasteiger partial charge in [0.15, 0.2) is 5.58 Å². The summed E-state index contributed by atoms with van der Waals surface area (Å²) >= 11 is 0. The fourth-order valence-corrected chi connectivity index (χ4v) is 17.4. The van der Waals surface area contributed by atoms with E-state index in [-0.39, 0.29) is 0 Å². The molecule has 103 heavy (non-hydrogen) atoms. The maximum absolute atomic E-state index is 7.10. The molecule has 7 aromatic heterocycles. The van der Waals surface area contributed by atoms with Crippen LogP contribution in [0.1, 0.15) is 0 Å². The molecule has 0 atom stereocenters. The molecule has 0 aliphatic heterocycles. The Kier molecular flexibility index (Phi) is 11.6. The zero-order valence-corrected chi connectivity index (χ0v) is 55.3. The van der Waals surface area contributed by atoms with E-state index in [1.165, 1.54) is 54.3 Å². The topological polar surface area (TPSA) is 59.1 Å². The zero-order valence-electron chi connectivity index (χ0n) is 55.3. The normalized spacial score (nSPS) is 12.3. The van der Waals surface area contributed by atoms with Crippen molar-refractivity contribution < 1.29 is 13.3 Å². The predicted octanol–water partition coefficient (Wildman–Crippen LogP) is 26.4. The molecule has 0 unspecified atom stereocenters. The minimum atomic E-state index is 0.819. The molecule has 0 fully saturated rings. The third-order valence-electron chi connectivity index (χ3n) is 21.9. The number of para-hydroxylation sites is 9. The summed E-state index contributed by atoms with van der Waals surface area (Å²) in [5.41, 5.74) is 27.2. The monoisotopic (exact) mass is 1310 g/mol. The highest BCUT2D eigenvalue weighted by atomic mass is 16.3. The van der Waals surface area contributed by atoms with Crippen LogP contribution in [-0.2, 0) is 0 Å². The lowest BCUT2D eigenvalue weighted by molar-refractivity contribution is 0.666. The molecule has 0 aliphatic rings. The Morgan fingerprint density at radius 3 is 1.19 bits per heavy atom. The third-order valence-corrected chi connectivity index (χ3v) is 21.9. The average molecular weight is 1310 g/mol. The smallest absolute Gasteiger partial charge is 0.159 e. The summed E-state index contributed by atoms with van der Waals surface area (Å²) in [6.45, 7) is 0. The van der Waals surface area contributed by atoms with Crippen molar-refractivity contribution in [2.75, 3.05) is 0 Å². The van der Waals surface area contributed by atoms with E-state index in [1.807, 2.05) is 6.07 Å². The van der Waals surface area contributed by atoms with Crippen LogP contribution >= 0.6 is 0 Å². The number of rotatable bonds is 8. The molecule has 0 spiro atoms. The molecule has 0 saturated heterocycles. The Morgan fingerprint density at radius 2 is 0.583 bits per heavy atom. The van der Waals surface area contributed by atoms with Gasteiger partial charge in [-0.2, -0.15) is 0 Å². The lowest BCUT2D eigenvalue weighted by atomic mass is 9.93. The number of aromatic nitrogens is 4. The fourth-order valence-electron chi connectivity index (χ4n) is 17.4. The Balaban J connectivity index is 0.672. The lowest BCUT2D eigenvalue weighted by Crippen LogP contribution is -1.95. The van der Waals surface area contributed by atoms with Gasteiger partial charge in [-0.1, -0.05) is 206 Å². The molecule has 7 heterocycles. The summed E-state index contributed by atoms with van der Waals surface area (Å²) in [7, 11) is 0. The van der Waals surface area contributed by atoms with Crippen LogP contribution in [0, 0.1) is 0 Å². The second-order valence-corrected chi connectivity index (χ2v) is 27.4. The molecule has 0 N–H and O–H groups in total. The van der Waals surface area contributed by atoms with E-state index >= 15 is 0 Å². The van der Waals surface area contributed by atoms with Gasteiger partial charge in [0.2, 0.25) is 0 Å². The van der Waals surface area contributed by atoms with Crippen LogP contribution in [0.2, 0.25) is 0 Å². The highest BCUT2D eigenvalue weighted by Gasteiger charge is 2.25. The van der Waals surface area contributed by atoms with Crippen LogP contribution < -0.4 is 0 Å². The van der Waals surface area contributed by atoms with Crippen molar-refractivity contribution in [1.82, 2.24) is 18.3 Å². The van der Waals surface area contributed by atoms with Crippen molar-refractivity contribution >= 4 is 153 Å². The van der Waals surface area contributed by atoms with Gasteiger partial charge >= 0.3 is 0 Å². The van der Waals surface area contributed by atoms with Gasteiger partial charge in [0.25, 0.3) is 0 Å². The largest absolute Gasteiger partial charge is 0.456 e. The number of hydrogen-bond donors (Lipinski definition) is 0. The van der Waals surface area contributed by atoms with Gasteiger partial charge in [-0.3, -0.25) is 0 Å². The fraction of sp³-hybridized carbons (Fsp3) is 0. The molecule has 23 rings (SSSR count). The van der Waals surface area contributed by atoms with Gasteiger partial charge in [0.05, 0.1) is 49.8 Å². The molecular weight excluding hydrogens is 1260 g/mol. The van der Waals surface area contributed by atoms with Gasteiger partial charge in [-0.25, -0.2) is 0 Å². The van der Waals surface area contributed by atoms with E-state index in [0.717, 1.165) is 166 Å². The first-order chi connectivity index (χ1) is 51.1. The minimum Gasteiger partial charge on any atom is -0.456 e. The van der Waals surface area contributed by atoms with Gasteiger partial charge in [0.1, 0.15) is 27.9 Å². The number of nitrogens with zero attached hydrogens (tertiary/aromatic N) is 4. The van der Waals surface area contributed by atoms with Crippen molar-refractivity contribution in [3.8, 4) is 67.3 Å². The van der Waals surface area contributed by atoms with E-state index in [9.17, 15) is 0 Å². The summed E-state index contributed by atoms with van der Waals surface area (Å²) < 4.78 is 30.4. The molecule has 23 aromatic rings. The first-order valence-electron chi connectivity index (χ1n) is 35.2. The molecule has 478 valence electrons. The van der Waals surface area contributed by atoms with Gasteiger partial charge in [-0.05, 0) is 166 Å². The summed E-state index contributed by atoms with van der Waals surface area (Å²) in [5.74, 6) is 0. The Hall–Kier alpha value is -13.9. The number of benzene rings is 16. The van der Waals surface area contributed by atoms with Crippen LogP contribution in [-0.4, -0.2) is 18.3 Å². The predicted molar refractivity (Wildman–Crippen MR) is 427 cm³/mol. The van der Waals surface area contributed by atoms with Crippen molar-refractivity contribution in [3.05, 3.63) is 340 Å².